The first-order valence-corrected chi connectivity index (χ1v) is 8.95. The number of carbonyl (C=O) groups excluding carboxylic acids is 1. The van der Waals surface area contributed by atoms with Gasteiger partial charge in [0.25, 0.3) is 0 Å². The second-order valence-corrected chi connectivity index (χ2v) is 6.86. The van der Waals surface area contributed by atoms with Crippen molar-refractivity contribution < 1.29 is 9.21 Å². The van der Waals surface area contributed by atoms with Gasteiger partial charge in [0.15, 0.2) is 0 Å². The molecule has 3 heterocycles. The van der Waals surface area contributed by atoms with Gasteiger partial charge in [-0.2, -0.15) is 5.10 Å². The molecular weight excluding hydrogens is 318 g/mol. The molecule has 2 aromatic rings. The molecule has 0 unspecified atom stereocenters. The van der Waals surface area contributed by atoms with Crippen LogP contribution in [0.5, 0.6) is 0 Å². The van der Waals surface area contributed by atoms with E-state index in [1.54, 1.807) is 6.26 Å². The fourth-order valence-corrected chi connectivity index (χ4v) is 3.48. The maximum absolute atomic E-state index is 12.4. The van der Waals surface area contributed by atoms with Crippen LogP contribution in [-0.2, 0) is 17.9 Å². The van der Waals surface area contributed by atoms with E-state index in [9.17, 15) is 4.79 Å². The van der Waals surface area contributed by atoms with Gasteiger partial charge >= 0.3 is 0 Å². The molecule has 0 aromatic carbocycles. The highest BCUT2D eigenvalue weighted by Crippen LogP contribution is 2.20. The summed E-state index contributed by atoms with van der Waals surface area (Å²) in [5, 5.41) is 7.42. The summed E-state index contributed by atoms with van der Waals surface area (Å²) in [6.45, 7) is 9.06. The quantitative estimate of drug-likeness (QED) is 0.865. The normalized spacial score (nSPS) is 19.7. The Balaban J connectivity index is 1.53. The summed E-state index contributed by atoms with van der Waals surface area (Å²) in [7, 11) is 0. The number of nitrogens with one attached hydrogen (secondary N) is 1. The van der Waals surface area contributed by atoms with E-state index >= 15 is 0 Å². The molecule has 1 fully saturated rings. The van der Waals surface area contributed by atoms with Gasteiger partial charge in [-0.05, 0) is 58.2 Å². The maximum atomic E-state index is 12.4. The van der Waals surface area contributed by atoms with Crippen LogP contribution in [0.2, 0.25) is 0 Å². The molecule has 3 rings (SSSR count). The summed E-state index contributed by atoms with van der Waals surface area (Å²) in [6, 6.07) is 3.55. The Labute approximate surface area is 148 Å². The minimum atomic E-state index is -0.142. The van der Waals surface area contributed by atoms with Gasteiger partial charge < -0.3 is 9.73 Å². The number of nitrogens with zero attached hydrogens (tertiary/aromatic N) is 4. The second kappa shape index (κ2) is 7.82. The average Bonchev–Trinajstić information content (AvgIpc) is 3.22. The predicted molar refractivity (Wildman–Crippen MR) is 93.8 cm³/mol. The number of likely N-dealkylation sites (tertiary alicyclic amines) is 1. The van der Waals surface area contributed by atoms with Crippen LogP contribution in [0, 0.1) is 19.8 Å². The van der Waals surface area contributed by atoms with Crippen LogP contribution in [0.3, 0.4) is 0 Å². The Morgan fingerprint density at radius 2 is 2.32 bits per heavy atom. The molecule has 1 N–H and O–H groups in total. The SMILES string of the molecule is Cc1nc(C)n(C[C@@H]2CCCN([C@@H](C)C(=O)NCc3ccco3)C2)n1. The largest absolute Gasteiger partial charge is 0.467 e. The van der Waals surface area contributed by atoms with Gasteiger partial charge in [0.05, 0.1) is 18.8 Å². The number of rotatable bonds is 6. The number of hydrogen-bond acceptors (Lipinski definition) is 5. The Bertz CT molecular complexity index is 694. The van der Waals surface area contributed by atoms with E-state index in [1.807, 2.05) is 37.6 Å². The zero-order valence-corrected chi connectivity index (χ0v) is 15.2. The van der Waals surface area contributed by atoms with Crippen molar-refractivity contribution in [2.45, 2.75) is 52.7 Å². The van der Waals surface area contributed by atoms with Crippen molar-refractivity contribution in [3.63, 3.8) is 0 Å². The third kappa shape index (κ3) is 4.48. The summed E-state index contributed by atoms with van der Waals surface area (Å²) in [5.74, 6) is 3.09. The van der Waals surface area contributed by atoms with Crippen LogP contribution >= 0.6 is 0 Å². The molecule has 0 aliphatic carbocycles. The van der Waals surface area contributed by atoms with Crippen LogP contribution in [-0.4, -0.2) is 44.7 Å². The number of aryl methyl sites for hydroxylation is 2. The molecule has 0 spiro atoms. The number of furan rings is 1. The molecule has 2 atom stereocenters. The summed E-state index contributed by atoms with van der Waals surface area (Å²) >= 11 is 0. The maximum Gasteiger partial charge on any atom is 0.237 e. The zero-order chi connectivity index (χ0) is 17.8. The van der Waals surface area contributed by atoms with Gasteiger partial charge in [0.2, 0.25) is 5.91 Å². The van der Waals surface area contributed by atoms with Crippen LogP contribution in [0.1, 0.15) is 37.2 Å². The number of hydrogen-bond donors (Lipinski definition) is 1. The highest BCUT2D eigenvalue weighted by atomic mass is 16.3. The van der Waals surface area contributed by atoms with Crippen molar-refractivity contribution in [3.8, 4) is 0 Å². The van der Waals surface area contributed by atoms with Crippen LogP contribution in [0.25, 0.3) is 0 Å². The lowest BCUT2D eigenvalue weighted by molar-refractivity contribution is -0.126. The first-order chi connectivity index (χ1) is 12.0. The number of aromatic nitrogens is 3. The Morgan fingerprint density at radius 1 is 1.48 bits per heavy atom. The van der Waals surface area contributed by atoms with E-state index in [0.29, 0.717) is 12.5 Å². The minimum absolute atomic E-state index is 0.0461. The van der Waals surface area contributed by atoms with Gasteiger partial charge in [-0.1, -0.05) is 0 Å². The molecule has 136 valence electrons. The number of carbonyl (C=O) groups is 1. The molecule has 0 saturated carbocycles. The van der Waals surface area contributed by atoms with E-state index < -0.39 is 0 Å². The fourth-order valence-electron chi connectivity index (χ4n) is 3.48. The van der Waals surface area contributed by atoms with E-state index in [1.165, 1.54) is 0 Å². The van der Waals surface area contributed by atoms with Crippen molar-refractivity contribution in [1.82, 2.24) is 25.0 Å². The lowest BCUT2D eigenvalue weighted by Crippen LogP contribution is -2.49. The Kier molecular flexibility index (Phi) is 5.53. The van der Waals surface area contributed by atoms with Gasteiger partial charge in [0.1, 0.15) is 17.4 Å². The lowest BCUT2D eigenvalue weighted by atomic mass is 9.96. The molecule has 7 nitrogen and oxygen atoms in total. The molecule has 1 saturated heterocycles. The first kappa shape index (κ1) is 17.7. The summed E-state index contributed by atoms with van der Waals surface area (Å²) < 4.78 is 7.25. The van der Waals surface area contributed by atoms with Gasteiger partial charge in [-0.25, -0.2) is 9.67 Å². The van der Waals surface area contributed by atoms with E-state index in [0.717, 1.165) is 49.9 Å². The molecule has 1 amide bonds. The molecule has 1 aliphatic rings. The lowest BCUT2D eigenvalue weighted by Gasteiger charge is -2.36. The molecule has 7 heteroatoms. The molecule has 1 aliphatic heterocycles. The first-order valence-electron chi connectivity index (χ1n) is 8.95. The third-order valence-electron chi connectivity index (χ3n) is 4.89. The van der Waals surface area contributed by atoms with Crippen molar-refractivity contribution in [2.75, 3.05) is 13.1 Å². The molecule has 25 heavy (non-hydrogen) atoms. The smallest absolute Gasteiger partial charge is 0.237 e. The number of piperidine rings is 1. The minimum Gasteiger partial charge on any atom is -0.467 e. The topological polar surface area (TPSA) is 76.2 Å². The van der Waals surface area contributed by atoms with Crippen molar-refractivity contribution in [2.24, 2.45) is 5.92 Å². The van der Waals surface area contributed by atoms with Crippen molar-refractivity contribution >= 4 is 5.91 Å². The monoisotopic (exact) mass is 345 g/mol. The Hall–Kier alpha value is -2.15. The molecular formula is C18H27N5O2. The average molecular weight is 345 g/mol. The van der Waals surface area contributed by atoms with Gasteiger partial charge in [0, 0.05) is 13.1 Å². The zero-order valence-electron chi connectivity index (χ0n) is 15.2. The van der Waals surface area contributed by atoms with Crippen molar-refractivity contribution in [3.05, 3.63) is 35.8 Å². The second-order valence-electron chi connectivity index (χ2n) is 6.86. The number of amides is 1. The summed E-state index contributed by atoms with van der Waals surface area (Å²) in [4.78, 5) is 19.1. The standard InChI is InChI=1S/C18H27N5O2/c1-13(18(24)19-10-17-7-5-9-25-17)22-8-4-6-16(11-22)12-23-15(3)20-14(2)21-23/h5,7,9,13,16H,4,6,8,10-12H2,1-3H3,(H,19,24)/t13-,16+/m0/s1. The van der Waals surface area contributed by atoms with E-state index in [4.69, 9.17) is 4.42 Å². The molecule has 0 bridgehead atoms. The Morgan fingerprint density at radius 3 is 3.00 bits per heavy atom. The predicted octanol–water partition coefficient (Wildman–Crippen LogP) is 1.90. The fraction of sp³-hybridized carbons (Fsp3) is 0.611. The summed E-state index contributed by atoms with van der Waals surface area (Å²) in [5.41, 5.74) is 0. The molecule has 2 aromatic heterocycles. The summed E-state index contributed by atoms with van der Waals surface area (Å²) in [6.07, 6.45) is 3.89. The van der Waals surface area contributed by atoms with Gasteiger partial charge in [-0.3, -0.25) is 9.69 Å². The van der Waals surface area contributed by atoms with Gasteiger partial charge in [-0.15, -0.1) is 0 Å². The van der Waals surface area contributed by atoms with E-state index in [-0.39, 0.29) is 11.9 Å². The third-order valence-corrected chi connectivity index (χ3v) is 4.89. The molecule has 0 radical (unpaired) electrons. The van der Waals surface area contributed by atoms with E-state index in [2.05, 4.69) is 20.3 Å². The highest BCUT2D eigenvalue weighted by Gasteiger charge is 2.28. The van der Waals surface area contributed by atoms with Crippen LogP contribution < -0.4 is 5.32 Å². The van der Waals surface area contributed by atoms with Crippen LogP contribution in [0.4, 0.5) is 0 Å². The van der Waals surface area contributed by atoms with Crippen LogP contribution in [0.15, 0.2) is 22.8 Å². The highest BCUT2D eigenvalue weighted by molar-refractivity contribution is 5.81. The van der Waals surface area contributed by atoms with Crippen molar-refractivity contribution in [1.29, 1.82) is 0 Å².